The van der Waals surface area contributed by atoms with Gasteiger partial charge in [-0.2, -0.15) is 8.78 Å². The number of ether oxygens (including phenoxy) is 1. The van der Waals surface area contributed by atoms with Crippen molar-refractivity contribution in [2.45, 2.75) is 12.4 Å². The summed E-state index contributed by atoms with van der Waals surface area (Å²) in [6.45, 7) is -1.11. The number of benzene rings is 1. The van der Waals surface area contributed by atoms with Crippen molar-refractivity contribution >= 4 is 11.4 Å². The van der Waals surface area contributed by atoms with Crippen LogP contribution in [-0.2, 0) is 0 Å². The number of halogens is 4. The van der Waals surface area contributed by atoms with E-state index in [0.717, 1.165) is 6.07 Å². The highest BCUT2D eigenvalue weighted by atomic mass is 19.3. The van der Waals surface area contributed by atoms with E-state index in [0.29, 0.717) is 0 Å². The summed E-state index contributed by atoms with van der Waals surface area (Å²) in [6, 6.07) is 3.78. The SMILES string of the molecule is Nc1ccc(OCCF)c(NC(F)C(O)(F)F)c1. The third-order valence-electron chi connectivity index (χ3n) is 1.93. The van der Waals surface area contributed by atoms with Gasteiger partial charge in [0.2, 0.25) is 0 Å². The van der Waals surface area contributed by atoms with Crippen LogP contribution in [0.15, 0.2) is 18.2 Å². The van der Waals surface area contributed by atoms with Gasteiger partial charge in [-0.05, 0) is 18.2 Å². The molecule has 1 atom stereocenters. The minimum atomic E-state index is -4.55. The number of nitrogen functional groups attached to an aromatic ring is 1. The molecule has 0 spiro atoms. The molecule has 0 fully saturated rings. The molecule has 0 aliphatic carbocycles. The highest BCUT2D eigenvalue weighted by Crippen LogP contribution is 2.30. The number of alkyl halides is 4. The lowest BCUT2D eigenvalue weighted by Crippen LogP contribution is -2.35. The third-order valence-corrected chi connectivity index (χ3v) is 1.93. The first kappa shape index (κ1) is 14.4. The molecule has 1 unspecified atom stereocenters. The summed E-state index contributed by atoms with van der Waals surface area (Å²) in [6.07, 6.45) is -7.59. The summed E-state index contributed by atoms with van der Waals surface area (Å²) in [5.74, 6) is -0.0475. The van der Waals surface area contributed by atoms with E-state index in [9.17, 15) is 17.6 Å². The normalized spacial score (nSPS) is 13.2. The number of aliphatic hydroxyl groups is 1. The standard InChI is InChI=1S/C10H12F4N2O2/c11-3-4-18-8-2-1-6(15)5-7(8)16-9(12)10(13,14)17/h1-2,5,9,16-17H,3-4,15H2. The first-order valence-electron chi connectivity index (χ1n) is 4.93. The van der Waals surface area contributed by atoms with Gasteiger partial charge in [0, 0.05) is 5.69 Å². The molecule has 0 radical (unpaired) electrons. The van der Waals surface area contributed by atoms with E-state index in [-0.39, 0.29) is 23.7 Å². The Morgan fingerprint density at radius 2 is 2.11 bits per heavy atom. The molecule has 8 heteroatoms. The van der Waals surface area contributed by atoms with Gasteiger partial charge in [-0.15, -0.1) is 0 Å². The molecule has 0 amide bonds. The largest absolute Gasteiger partial charge is 0.489 e. The van der Waals surface area contributed by atoms with Crippen molar-refractivity contribution < 1.29 is 27.4 Å². The predicted octanol–water partition coefficient (Wildman–Crippen LogP) is 1.91. The molecule has 0 bridgehead atoms. The van der Waals surface area contributed by atoms with Crippen molar-refractivity contribution in [3.05, 3.63) is 18.2 Å². The highest BCUT2D eigenvalue weighted by molar-refractivity contribution is 5.63. The summed E-state index contributed by atoms with van der Waals surface area (Å²) in [5, 5.41) is 9.89. The van der Waals surface area contributed by atoms with E-state index in [1.807, 2.05) is 0 Å². The third kappa shape index (κ3) is 3.95. The summed E-state index contributed by atoms with van der Waals surface area (Å²) in [5.41, 5.74) is 5.36. The molecule has 18 heavy (non-hydrogen) atoms. The summed E-state index contributed by atoms with van der Waals surface area (Å²) in [4.78, 5) is 0. The van der Waals surface area contributed by atoms with Crippen LogP contribution in [0, 0.1) is 0 Å². The number of anilines is 2. The van der Waals surface area contributed by atoms with Crippen LogP contribution in [0.1, 0.15) is 0 Å². The monoisotopic (exact) mass is 268 g/mol. The first-order chi connectivity index (χ1) is 8.34. The fourth-order valence-corrected chi connectivity index (χ4v) is 1.16. The molecule has 102 valence electrons. The first-order valence-corrected chi connectivity index (χ1v) is 4.93. The fraction of sp³-hybridized carbons (Fsp3) is 0.400. The Balaban J connectivity index is 2.88. The lowest BCUT2D eigenvalue weighted by molar-refractivity contribution is -0.233. The molecule has 0 heterocycles. The minimum absolute atomic E-state index is 0.0475. The van der Waals surface area contributed by atoms with Gasteiger partial charge in [0.15, 0.2) is 0 Å². The van der Waals surface area contributed by atoms with Gasteiger partial charge in [0.1, 0.15) is 19.0 Å². The molecular formula is C10H12F4N2O2. The maximum absolute atomic E-state index is 12.9. The van der Waals surface area contributed by atoms with Gasteiger partial charge in [-0.1, -0.05) is 0 Å². The average Bonchev–Trinajstić information content (AvgIpc) is 2.26. The molecular weight excluding hydrogens is 256 g/mol. The van der Waals surface area contributed by atoms with E-state index < -0.39 is 19.1 Å². The highest BCUT2D eigenvalue weighted by Gasteiger charge is 2.38. The molecule has 0 aliphatic rings. The Labute approximate surface area is 100 Å². The van der Waals surface area contributed by atoms with Gasteiger partial charge in [-0.25, -0.2) is 8.78 Å². The van der Waals surface area contributed by atoms with Crippen molar-refractivity contribution in [3.8, 4) is 5.75 Å². The van der Waals surface area contributed by atoms with E-state index in [1.165, 1.54) is 12.1 Å². The van der Waals surface area contributed by atoms with Crippen LogP contribution in [0.2, 0.25) is 0 Å². The Hall–Kier alpha value is -1.70. The van der Waals surface area contributed by atoms with Crippen LogP contribution in [0.3, 0.4) is 0 Å². The lowest BCUT2D eigenvalue weighted by atomic mass is 10.2. The second-order valence-electron chi connectivity index (χ2n) is 3.39. The van der Waals surface area contributed by atoms with Crippen LogP contribution in [0.4, 0.5) is 28.9 Å². The molecule has 0 saturated carbocycles. The predicted molar refractivity (Wildman–Crippen MR) is 58.0 cm³/mol. The molecule has 1 rings (SSSR count). The number of nitrogens with two attached hydrogens (primary N) is 1. The molecule has 4 nitrogen and oxygen atoms in total. The van der Waals surface area contributed by atoms with Crippen molar-refractivity contribution in [1.29, 1.82) is 0 Å². The number of hydrogen-bond acceptors (Lipinski definition) is 4. The van der Waals surface area contributed by atoms with E-state index in [2.05, 4.69) is 0 Å². The summed E-state index contributed by atoms with van der Waals surface area (Å²) in [7, 11) is 0. The molecule has 1 aromatic carbocycles. The summed E-state index contributed by atoms with van der Waals surface area (Å²) >= 11 is 0. The molecule has 0 aliphatic heterocycles. The van der Waals surface area contributed by atoms with E-state index in [4.69, 9.17) is 15.6 Å². The summed E-state index contributed by atoms with van der Waals surface area (Å²) < 4.78 is 54.3. The van der Waals surface area contributed by atoms with Crippen molar-refractivity contribution in [2.24, 2.45) is 0 Å². The van der Waals surface area contributed by atoms with Gasteiger partial charge in [0.05, 0.1) is 5.69 Å². The van der Waals surface area contributed by atoms with Crippen LogP contribution < -0.4 is 15.8 Å². The quantitative estimate of drug-likeness (QED) is 0.419. The van der Waals surface area contributed by atoms with Gasteiger partial charge in [-0.3, -0.25) is 0 Å². The maximum atomic E-state index is 12.9. The Kier molecular flexibility index (Phi) is 4.60. The zero-order valence-electron chi connectivity index (χ0n) is 9.17. The average molecular weight is 268 g/mol. The van der Waals surface area contributed by atoms with Crippen LogP contribution in [0.5, 0.6) is 5.75 Å². The zero-order valence-corrected chi connectivity index (χ0v) is 9.17. The van der Waals surface area contributed by atoms with Crippen molar-refractivity contribution in [3.63, 3.8) is 0 Å². The molecule has 0 aromatic heterocycles. The topological polar surface area (TPSA) is 67.5 Å². The van der Waals surface area contributed by atoms with E-state index in [1.54, 1.807) is 5.32 Å². The Morgan fingerprint density at radius 3 is 2.67 bits per heavy atom. The Bertz CT molecular complexity index is 398. The smallest absolute Gasteiger partial charge is 0.402 e. The van der Waals surface area contributed by atoms with Gasteiger partial charge in [0.25, 0.3) is 6.30 Å². The lowest BCUT2D eigenvalue weighted by Gasteiger charge is -2.19. The maximum Gasteiger partial charge on any atom is 0.402 e. The van der Waals surface area contributed by atoms with Crippen LogP contribution >= 0.6 is 0 Å². The zero-order chi connectivity index (χ0) is 13.8. The number of hydrogen-bond donors (Lipinski definition) is 3. The van der Waals surface area contributed by atoms with Crippen LogP contribution in [-0.4, -0.2) is 30.8 Å². The molecule has 4 N–H and O–H groups in total. The Morgan fingerprint density at radius 1 is 1.44 bits per heavy atom. The van der Waals surface area contributed by atoms with Crippen molar-refractivity contribution in [2.75, 3.05) is 24.3 Å². The van der Waals surface area contributed by atoms with Gasteiger partial charge >= 0.3 is 6.11 Å². The molecule has 0 saturated heterocycles. The number of nitrogens with one attached hydrogen (secondary N) is 1. The molecule has 1 aromatic rings. The minimum Gasteiger partial charge on any atom is -0.489 e. The second-order valence-corrected chi connectivity index (χ2v) is 3.39. The number of rotatable bonds is 6. The van der Waals surface area contributed by atoms with E-state index >= 15 is 0 Å². The van der Waals surface area contributed by atoms with Gasteiger partial charge < -0.3 is 20.9 Å². The fourth-order valence-electron chi connectivity index (χ4n) is 1.16. The van der Waals surface area contributed by atoms with Crippen LogP contribution in [0.25, 0.3) is 0 Å². The second kappa shape index (κ2) is 5.76. The van der Waals surface area contributed by atoms with Crippen molar-refractivity contribution in [1.82, 2.24) is 0 Å².